The largest absolute Gasteiger partial charge is 0.491 e. The third-order valence-electron chi connectivity index (χ3n) is 3.57. The van der Waals surface area contributed by atoms with Gasteiger partial charge < -0.3 is 14.6 Å². The van der Waals surface area contributed by atoms with Crippen LogP contribution in [0, 0.1) is 13.8 Å². The van der Waals surface area contributed by atoms with Gasteiger partial charge in [-0.05, 0) is 38.0 Å². The van der Waals surface area contributed by atoms with Crippen LogP contribution in [-0.4, -0.2) is 55.1 Å². The Bertz CT molecular complexity index is 436. The number of β-amino-alcohol motifs (C(OH)–C–C–N with tert-alkyl or cyclic N) is 1. The quantitative estimate of drug-likeness (QED) is 0.892. The first-order chi connectivity index (χ1) is 9.54. The van der Waals surface area contributed by atoms with Crippen LogP contribution in [0.1, 0.15) is 18.1 Å². The van der Waals surface area contributed by atoms with Crippen molar-refractivity contribution >= 4 is 0 Å². The molecule has 20 heavy (non-hydrogen) atoms. The average Bonchev–Trinajstić information content (AvgIpc) is 2.40. The number of morpholine rings is 1. The van der Waals surface area contributed by atoms with Gasteiger partial charge in [-0.1, -0.05) is 12.1 Å². The number of nitrogens with zero attached hydrogens (tertiary/aromatic N) is 1. The van der Waals surface area contributed by atoms with Crippen LogP contribution in [0.25, 0.3) is 0 Å². The van der Waals surface area contributed by atoms with Crippen molar-refractivity contribution in [2.24, 2.45) is 0 Å². The third kappa shape index (κ3) is 4.47. The smallest absolute Gasteiger partial charge is 0.122 e. The number of aliphatic hydroxyl groups is 1. The molecule has 1 saturated heterocycles. The molecular weight excluding hydrogens is 254 g/mol. The van der Waals surface area contributed by atoms with E-state index in [1.54, 1.807) is 0 Å². The van der Waals surface area contributed by atoms with Gasteiger partial charge in [-0.15, -0.1) is 0 Å². The molecule has 0 aromatic heterocycles. The van der Waals surface area contributed by atoms with E-state index in [9.17, 15) is 5.11 Å². The highest BCUT2D eigenvalue weighted by atomic mass is 16.5. The molecule has 0 amide bonds. The number of hydrogen-bond donors (Lipinski definition) is 1. The highest BCUT2D eigenvalue weighted by Crippen LogP contribution is 2.19. The van der Waals surface area contributed by atoms with E-state index in [-0.39, 0.29) is 6.10 Å². The van der Waals surface area contributed by atoms with Crippen LogP contribution in [0.15, 0.2) is 18.2 Å². The third-order valence-corrected chi connectivity index (χ3v) is 3.57. The molecule has 1 aromatic carbocycles. The molecule has 1 aromatic rings. The van der Waals surface area contributed by atoms with Gasteiger partial charge in [-0.25, -0.2) is 0 Å². The Balaban J connectivity index is 1.79. The molecular formula is C16H25NO3. The summed E-state index contributed by atoms with van der Waals surface area (Å²) in [5.41, 5.74) is 2.27. The zero-order valence-electron chi connectivity index (χ0n) is 12.6. The SMILES string of the molecule is Cc1ccc(C)c(OC[C@@H](O)CN2CCO[C@H](C)C2)c1. The van der Waals surface area contributed by atoms with Gasteiger partial charge in [0.15, 0.2) is 0 Å². The van der Waals surface area contributed by atoms with E-state index in [4.69, 9.17) is 9.47 Å². The van der Waals surface area contributed by atoms with Crippen molar-refractivity contribution < 1.29 is 14.6 Å². The summed E-state index contributed by atoms with van der Waals surface area (Å²) in [6.45, 7) is 9.58. The summed E-state index contributed by atoms with van der Waals surface area (Å²) in [5.74, 6) is 0.861. The lowest BCUT2D eigenvalue weighted by Crippen LogP contribution is -2.45. The van der Waals surface area contributed by atoms with Gasteiger partial charge in [-0.3, -0.25) is 4.90 Å². The molecule has 1 aliphatic rings. The molecule has 2 rings (SSSR count). The Kier molecular flexibility index (Phi) is 5.40. The monoisotopic (exact) mass is 279 g/mol. The first kappa shape index (κ1) is 15.3. The van der Waals surface area contributed by atoms with Crippen LogP contribution < -0.4 is 4.74 Å². The molecule has 1 fully saturated rings. The van der Waals surface area contributed by atoms with Crippen molar-refractivity contribution in [3.8, 4) is 5.75 Å². The number of rotatable bonds is 5. The molecule has 0 aliphatic carbocycles. The van der Waals surface area contributed by atoms with E-state index < -0.39 is 6.10 Å². The lowest BCUT2D eigenvalue weighted by molar-refractivity contribution is -0.0361. The number of aliphatic hydroxyl groups excluding tert-OH is 1. The van der Waals surface area contributed by atoms with Crippen LogP contribution in [-0.2, 0) is 4.74 Å². The summed E-state index contributed by atoms with van der Waals surface area (Å²) < 4.78 is 11.2. The van der Waals surface area contributed by atoms with Gasteiger partial charge in [0, 0.05) is 19.6 Å². The molecule has 0 spiro atoms. The second kappa shape index (κ2) is 7.07. The highest BCUT2D eigenvalue weighted by Gasteiger charge is 2.19. The van der Waals surface area contributed by atoms with Crippen LogP contribution in [0.4, 0.5) is 0 Å². The average molecular weight is 279 g/mol. The van der Waals surface area contributed by atoms with Gasteiger partial charge >= 0.3 is 0 Å². The maximum absolute atomic E-state index is 10.1. The molecule has 112 valence electrons. The minimum absolute atomic E-state index is 0.246. The first-order valence-corrected chi connectivity index (χ1v) is 7.26. The summed E-state index contributed by atoms with van der Waals surface area (Å²) in [7, 11) is 0. The van der Waals surface area contributed by atoms with Crippen LogP contribution in [0.5, 0.6) is 5.75 Å². The number of ether oxygens (including phenoxy) is 2. The predicted molar refractivity (Wildman–Crippen MR) is 79.3 cm³/mol. The Labute approximate surface area is 121 Å². The fraction of sp³-hybridized carbons (Fsp3) is 0.625. The van der Waals surface area contributed by atoms with Crippen molar-refractivity contribution in [3.05, 3.63) is 29.3 Å². The minimum Gasteiger partial charge on any atom is -0.491 e. The fourth-order valence-electron chi connectivity index (χ4n) is 2.46. The topological polar surface area (TPSA) is 41.9 Å². The van der Waals surface area contributed by atoms with Gasteiger partial charge in [0.25, 0.3) is 0 Å². The van der Waals surface area contributed by atoms with Crippen molar-refractivity contribution in [3.63, 3.8) is 0 Å². The van der Waals surface area contributed by atoms with Crippen LogP contribution in [0.2, 0.25) is 0 Å². The van der Waals surface area contributed by atoms with E-state index in [2.05, 4.69) is 17.9 Å². The van der Waals surface area contributed by atoms with Crippen molar-refractivity contribution in [1.82, 2.24) is 4.90 Å². The Morgan fingerprint density at radius 2 is 2.25 bits per heavy atom. The molecule has 2 atom stereocenters. The molecule has 4 heteroatoms. The summed E-state index contributed by atoms with van der Waals surface area (Å²) >= 11 is 0. The maximum atomic E-state index is 10.1. The summed E-state index contributed by atoms with van der Waals surface area (Å²) in [6, 6.07) is 6.12. The lowest BCUT2D eigenvalue weighted by atomic mass is 10.1. The molecule has 4 nitrogen and oxygen atoms in total. The standard InChI is InChI=1S/C16H25NO3/c1-12-4-5-13(2)16(8-12)20-11-15(18)10-17-6-7-19-14(3)9-17/h4-5,8,14-15,18H,6-7,9-11H2,1-3H3/t14-,15+/m1/s1. The maximum Gasteiger partial charge on any atom is 0.122 e. The van der Waals surface area contributed by atoms with Crippen molar-refractivity contribution in [2.45, 2.75) is 33.0 Å². The molecule has 0 radical (unpaired) electrons. The summed E-state index contributed by atoms with van der Waals surface area (Å²) in [5, 5.41) is 10.1. The zero-order valence-corrected chi connectivity index (χ0v) is 12.6. The predicted octanol–water partition coefficient (Wildman–Crippen LogP) is 1.76. The second-order valence-corrected chi connectivity index (χ2v) is 5.67. The van der Waals surface area contributed by atoms with Crippen molar-refractivity contribution in [2.75, 3.05) is 32.8 Å². The Hall–Kier alpha value is -1.10. The Morgan fingerprint density at radius 3 is 3.00 bits per heavy atom. The van der Waals surface area contributed by atoms with E-state index in [0.717, 1.165) is 31.0 Å². The highest BCUT2D eigenvalue weighted by molar-refractivity contribution is 5.35. The molecule has 1 N–H and O–H groups in total. The second-order valence-electron chi connectivity index (χ2n) is 5.67. The Morgan fingerprint density at radius 1 is 1.45 bits per heavy atom. The number of aryl methyl sites for hydroxylation is 2. The zero-order chi connectivity index (χ0) is 14.5. The molecule has 1 aliphatic heterocycles. The van der Waals surface area contributed by atoms with Crippen LogP contribution in [0.3, 0.4) is 0 Å². The van der Waals surface area contributed by atoms with Gasteiger partial charge in [0.1, 0.15) is 18.5 Å². The summed E-state index contributed by atoms with van der Waals surface area (Å²) in [4.78, 5) is 2.23. The van der Waals surface area contributed by atoms with Gasteiger partial charge in [0.05, 0.1) is 12.7 Å². The van der Waals surface area contributed by atoms with E-state index in [1.807, 2.05) is 26.0 Å². The van der Waals surface area contributed by atoms with Gasteiger partial charge in [0.2, 0.25) is 0 Å². The molecule has 0 unspecified atom stereocenters. The van der Waals surface area contributed by atoms with Crippen molar-refractivity contribution in [1.29, 1.82) is 0 Å². The van der Waals surface area contributed by atoms with E-state index in [1.165, 1.54) is 5.56 Å². The van der Waals surface area contributed by atoms with Gasteiger partial charge in [-0.2, -0.15) is 0 Å². The normalized spacial score (nSPS) is 21.7. The van der Waals surface area contributed by atoms with E-state index >= 15 is 0 Å². The minimum atomic E-state index is -0.472. The fourth-order valence-corrected chi connectivity index (χ4v) is 2.46. The lowest BCUT2D eigenvalue weighted by Gasteiger charge is -2.32. The molecule has 0 bridgehead atoms. The van der Waals surface area contributed by atoms with E-state index in [0.29, 0.717) is 13.2 Å². The molecule has 0 saturated carbocycles. The summed E-state index contributed by atoms with van der Waals surface area (Å²) in [6.07, 6.45) is -0.226. The molecule has 1 heterocycles. The van der Waals surface area contributed by atoms with Crippen LogP contribution >= 0.6 is 0 Å². The first-order valence-electron chi connectivity index (χ1n) is 7.26. The number of benzene rings is 1. The number of hydrogen-bond acceptors (Lipinski definition) is 4.